The zero-order valence-electron chi connectivity index (χ0n) is 9.74. The maximum atomic E-state index is 13.2. The van der Waals surface area contributed by atoms with E-state index < -0.39 is 0 Å². The highest BCUT2D eigenvalue weighted by molar-refractivity contribution is 6.30. The molecule has 0 spiro atoms. The van der Waals surface area contributed by atoms with E-state index in [1.807, 2.05) is 30.3 Å². The molecule has 2 nitrogen and oxygen atoms in total. The van der Waals surface area contributed by atoms with E-state index in [1.54, 1.807) is 6.07 Å². The molecule has 0 radical (unpaired) electrons. The first-order valence-electron chi connectivity index (χ1n) is 5.66. The van der Waals surface area contributed by atoms with Gasteiger partial charge in [0.2, 0.25) is 0 Å². The summed E-state index contributed by atoms with van der Waals surface area (Å²) in [6.07, 6.45) is 0. The van der Waals surface area contributed by atoms with Gasteiger partial charge in [-0.15, -0.1) is 0 Å². The Morgan fingerprint density at radius 1 is 1.17 bits per heavy atom. The molecule has 0 saturated carbocycles. The van der Waals surface area contributed by atoms with Crippen LogP contribution < -0.4 is 11.1 Å². The highest BCUT2D eigenvalue weighted by Gasteiger charge is 2.09. The summed E-state index contributed by atoms with van der Waals surface area (Å²) in [5.41, 5.74) is 7.42. The van der Waals surface area contributed by atoms with E-state index in [0.29, 0.717) is 17.3 Å². The van der Waals surface area contributed by atoms with Crippen molar-refractivity contribution in [2.75, 3.05) is 11.9 Å². The van der Waals surface area contributed by atoms with Crippen molar-refractivity contribution in [2.45, 2.75) is 6.04 Å². The lowest BCUT2D eigenvalue weighted by Gasteiger charge is -2.18. The average molecular weight is 265 g/mol. The van der Waals surface area contributed by atoms with Crippen LogP contribution >= 0.6 is 11.6 Å². The number of halogens is 2. The van der Waals surface area contributed by atoms with Gasteiger partial charge in [0.15, 0.2) is 0 Å². The van der Waals surface area contributed by atoms with E-state index in [-0.39, 0.29) is 11.9 Å². The maximum Gasteiger partial charge on any atom is 0.126 e. The Hall–Kier alpha value is -1.58. The first-order valence-corrected chi connectivity index (χ1v) is 6.04. The number of hydrogen-bond donors (Lipinski definition) is 2. The van der Waals surface area contributed by atoms with E-state index in [2.05, 4.69) is 5.32 Å². The topological polar surface area (TPSA) is 38.0 Å². The Morgan fingerprint density at radius 3 is 2.50 bits per heavy atom. The van der Waals surface area contributed by atoms with Crippen molar-refractivity contribution >= 4 is 17.3 Å². The Labute approximate surface area is 111 Å². The van der Waals surface area contributed by atoms with Crippen LogP contribution in [-0.2, 0) is 0 Å². The third-order valence-corrected chi connectivity index (χ3v) is 2.86. The van der Waals surface area contributed by atoms with E-state index in [1.165, 1.54) is 12.1 Å². The maximum absolute atomic E-state index is 13.2. The molecule has 0 aliphatic rings. The summed E-state index contributed by atoms with van der Waals surface area (Å²) in [7, 11) is 0. The van der Waals surface area contributed by atoms with Crippen LogP contribution in [0.15, 0.2) is 48.5 Å². The minimum absolute atomic E-state index is 0.0657. The molecule has 0 aliphatic carbocycles. The third-order valence-electron chi connectivity index (χ3n) is 2.64. The van der Waals surface area contributed by atoms with Crippen LogP contribution in [0.5, 0.6) is 0 Å². The Kier molecular flexibility index (Phi) is 4.18. The molecule has 2 aromatic carbocycles. The lowest BCUT2D eigenvalue weighted by atomic mass is 10.1. The molecule has 2 aromatic rings. The zero-order valence-corrected chi connectivity index (χ0v) is 10.5. The van der Waals surface area contributed by atoms with E-state index in [0.717, 1.165) is 5.56 Å². The van der Waals surface area contributed by atoms with Gasteiger partial charge in [-0.1, -0.05) is 41.9 Å². The first-order chi connectivity index (χ1) is 8.69. The molecule has 0 saturated heterocycles. The molecular weight excluding hydrogens is 251 g/mol. The SMILES string of the molecule is NCC(Nc1cc(F)cc(Cl)c1)c1ccccc1. The zero-order chi connectivity index (χ0) is 13.0. The summed E-state index contributed by atoms with van der Waals surface area (Å²) in [4.78, 5) is 0. The summed E-state index contributed by atoms with van der Waals surface area (Å²) in [5, 5.41) is 3.54. The van der Waals surface area contributed by atoms with Crippen LogP contribution in [-0.4, -0.2) is 6.54 Å². The van der Waals surface area contributed by atoms with Gasteiger partial charge in [0, 0.05) is 17.3 Å². The lowest BCUT2D eigenvalue weighted by Crippen LogP contribution is -2.20. The molecule has 18 heavy (non-hydrogen) atoms. The monoisotopic (exact) mass is 264 g/mol. The molecule has 4 heteroatoms. The van der Waals surface area contributed by atoms with Gasteiger partial charge in [-0.2, -0.15) is 0 Å². The summed E-state index contributed by atoms with van der Waals surface area (Å²) in [6.45, 7) is 0.415. The molecule has 3 N–H and O–H groups in total. The molecule has 0 amide bonds. The van der Waals surface area contributed by atoms with Crippen LogP contribution in [0, 0.1) is 5.82 Å². The molecule has 0 bridgehead atoms. The van der Waals surface area contributed by atoms with E-state index in [9.17, 15) is 4.39 Å². The second kappa shape index (κ2) is 5.85. The van der Waals surface area contributed by atoms with Crippen LogP contribution in [0.1, 0.15) is 11.6 Å². The van der Waals surface area contributed by atoms with Gasteiger partial charge >= 0.3 is 0 Å². The summed E-state index contributed by atoms with van der Waals surface area (Å²) >= 11 is 5.81. The molecule has 0 aromatic heterocycles. The highest BCUT2D eigenvalue weighted by atomic mass is 35.5. The van der Waals surface area contributed by atoms with Crippen LogP contribution in [0.2, 0.25) is 5.02 Å². The predicted octanol–water partition coefficient (Wildman–Crippen LogP) is 3.59. The Bertz CT molecular complexity index is 496. The van der Waals surface area contributed by atoms with Gasteiger partial charge < -0.3 is 11.1 Å². The third kappa shape index (κ3) is 3.22. The summed E-state index contributed by atoms with van der Waals surface area (Å²) < 4.78 is 13.2. The molecule has 1 unspecified atom stereocenters. The van der Waals surface area contributed by atoms with Gasteiger partial charge in [0.25, 0.3) is 0 Å². The van der Waals surface area contributed by atoms with Crippen molar-refractivity contribution in [3.8, 4) is 0 Å². The average Bonchev–Trinajstić information content (AvgIpc) is 2.36. The summed E-state index contributed by atoms with van der Waals surface area (Å²) in [5.74, 6) is -0.367. The normalized spacial score (nSPS) is 12.2. The second-order valence-corrected chi connectivity index (χ2v) is 4.44. The standard InChI is InChI=1S/C14H14ClFN2/c15-11-6-12(16)8-13(7-11)18-14(9-17)10-4-2-1-3-5-10/h1-8,14,18H,9,17H2. The van der Waals surface area contributed by atoms with Gasteiger partial charge in [0.05, 0.1) is 6.04 Å². The van der Waals surface area contributed by atoms with E-state index in [4.69, 9.17) is 17.3 Å². The number of benzene rings is 2. The Balaban J connectivity index is 2.20. The number of rotatable bonds is 4. The van der Waals surface area contributed by atoms with Gasteiger partial charge in [-0.05, 0) is 23.8 Å². The smallest absolute Gasteiger partial charge is 0.126 e. The highest BCUT2D eigenvalue weighted by Crippen LogP contribution is 2.22. The number of nitrogens with two attached hydrogens (primary N) is 1. The van der Waals surface area contributed by atoms with Crippen molar-refractivity contribution in [1.29, 1.82) is 0 Å². The molecular formula is C14H14ClFN2. The van der Waals surface area contributed by atoms with Crippen molar-refractivity contribution in [2.24, 2.45) is 5.73 Å². The number of anilines is 1. The van der Waals surface area contributed by atoms with Crippen molar-refractivity contribution in [3.05, 3.63) is 64.9 Å². The largest absolute Gasteiger partial charge is 0.377 e. The Morgan fingerprint density at radius 2 is 1.89 bits per heavy atom. The van der Waals surface area contributed by atoms with Gasteiger partial charge in [-0.3, -0.25) is 0 Å². The van der Waals surface area contributed by atoms with E-state index >= 15 is 0 Å². The first kappa shape index (κ1) is 12.9. The summed E-state index contributed by atoms with van der Waals surface area (Å²) in [6, 6.07) is 14.1. The second-order valence-electron chi connectivity index (χ2n) is 4.00. The minimum atomic E-state index is -0.367. The fourth-order valence-electron chi connectivity index (χ4n) is 1.80. The molecule has 0 heterocycles. The lowest BCUT2D eigenvalue weighted by molar-refractivity contribution is 0.627. The van der Waals surface area contributed by atoms with Crippen LogP contribution in [0.3, 0.4) is 0 Å². The molecule has 1 atom stereocenters. The molecule has 94 valence electrons. The van der Waals surface area contributed by atoms with Crippen molar-refractivity contribution in [3.63, 3.8) is 0 Å². The number of nitrogens with one attached hydrogen (secondary N) is 1. The fourth-order valence-corrected chi connectivity index (χ4v) is 2.02. The molecule has 0 aliphatic heterocycles. The van der Waals surface area contributed by atoms with Crippen molar-refractivity contribution in [1.82, 2.24) is 0 Å². The van der Waals surface area contributed by atoms with Crippen LogP contribution in [0.25, 0.3) is 0 Å². The fraction of sp³-hybridized carbons (Fsp3) is 0.143. The van der Waals surface area contributed by atoms with Gasteiger partial charge in [0.1, 0.15) is 5.82 Å². The quantitative estimate of drug-likeness (QED) is 0.886. The minimum Gasteiger partial charge on any atom is -0.377 e. The van der Waals surface area contributed by atoms with Crippen LogP contribution in [0.4, 0.5) is 10.1 Å². The van der Waals surface area contributed by atoms with Crippen molar-refractivity contribution < 1.29 is 4.39 Å². The number of hydrogen-bond acceptors (Lipinski definition) is 2. The molecule has 0 fully saturated rings. The van der Waals surface area contributed by atoms with Gasteiger partial charge in [-0.25, -0.2) is 4.39 Å². The predicted molar refractivity (Wildman–Crippen MR) is 73.3 cm³/mol. The molecule has 2 rings (SSSR count).